The molecular formula is C49H66O7. The first-order chi connectivity index (χ1) is 27.1. The largest absolute Gasteiger partial charge is 0.508 e. The van der Waals surface area contributed by atoms with Gasteiger partial charge in [0.2, 0.25) is 0 Å². The highest BCUT2D eigenvalue weighted by Gasteiger charge is 2.42. The lowest BCUT2D eigenvalue weighted by molar-refractivity contribution is 0.0198. The minimum atomic E-state index is -0.826. The van der Waals surface area contributed by atoms with Crippen molar-refractivity contribution in [2.24, 2.45) is 29.6 Å². The fourth-order valence-electron chi connectivity index (χ4n) is 10.6. The molecule has 7 heteroatoms. The minimum Gasteiger partial charge on any atom is -0.508 e. The van der Waals surface area contributed by atoms with Crippen molar-refractivity contribution in [3.8, 4) is 39.9 Å². The summed E-state index contributed by atoms with van der Waals surface area (Å²) in [6.07, 6.45) is 17.4. The normalized spacial score (nSPS) is 25.2. The SMILES string of the molecule is CCCCC[C@H](C)[C@H]1C[C@H]([C@@H]2Cc3cc(O)c(CC(C)C)cc3-c3c(OC)cc4c(c32)C[C@@H](O)[C@H](c2ccc(O)c(OC3CCCCC3)c2)O4)C=C[C@H]1CCO. The molecule has 1 aliphatic heterocycles. The maximum Gasteiger partial charge on any atom is 0.161 e. The van der Waals surface area contributed by atoms with E-state index in [0.717, 1.165) is 96.2 Å². The van der Waals surface area contributed by atoms with E-state index in [1.54, 1.807) is 13.2 Å². The quantitative estimate of drug-likeness (QED) is 0.0955. The Bertz CT molecular complexity index is 1840. The predicted octanol–water partition coefficient (Wildman–Crippen LogP) is 10.8. The van der Waals surface area contributed by atoms with Crippen LogP contribution in [-0.2, 0) is 19.3 Å². The first kappa shape index (κ1) is 40.5. The number of unbranched alkanes of at least 4 members (excludes halogenated alkanes) is 2. The summed E-state index contributed by atoms with van der Waals surface area (Å²) in [5.41, 5.74) is 7.16. The lowest BCUT2D eigenvalue weighted by Gasteiger charge is -2.43. The molecule has 3 aliphatic carbocycles. The first-order valence-corrected chi connectivity index (χ1v) is 21.8. The van der Waals surface area contributed by atoms with Gasteiger partial charge in [0.1, 0.15) is 23.4 Å². The van der Waals surface area contributed by atoms with Crippen molar-refractivity contribution < 1.29 is 34.6 Å². The van der Waals surface area contributed by atoms with E-state index in [4.69, 9.17) is 14.2 Å². The molecule has 1 saturated carbocycles. The number of aliphatic hydroxyl groups is 2. The van der Waals surface area contributed by atoms with Crippen LogP contribution in [0.2, 0.25) is 0 Å². The predicted molar refractivity (Wildman–Crippen MR) is 223 cm³/mol. The number of allylic oxidation sites excluding steroid dienone is 2. The number of fused-ring (bicyclic) bond motifs is 5. The van der Waals surface area contributed by atoms with Crippen LogP contribution in [0, 0.1) is 29.6 Å². The zero-order chi connectivity index (χ0) is 39.5. The molecule has 4 N–H and O–H groups in total. The molecule has 1 heterocycles. The molecule has 7 atom stereocenters. The van der Waals surface area contributed by atoms with Crippen molar-refractivity contribution >= 4 is 0 Å². The second-order valence-corrected chi connectivity index (χ2v) is 17.9. The van der Waals surface area contributed by atoms with E-state index < -0.39 is 12.2 Å². The zero-order valence-electron chi connectivity index (χ0n) is 34.4. The highest BCUT2D eigenvalue weighted by molar-refractivity contribution is 5.83. The lowest BCUT2D eigenvalue weighted by Crippen LogP contribution is -2.34. The van der Waals surface area contributed by atoms with Crippen LogP contribution < -0.4 is 14.2 Å². The van der Waals surface area contributed by atoms with Gasteiger partial charge in [0, 0.05) is 30.2 Å². The monoisotopic (exact) mass is 766 g/mol. The fourth-order valence-corrected chi connectivity index (χ4v) is 10.6. The molecule has 56 heavy (non-hydrogen) atoms. The van der Waals surface area contributed by atoms with Crippen LogP contribution in [0.3, 0.4) is 0 Å². The maximum absolute atomic E-state index is 12.0. The smallest absolute Gasteiger partial charge is 0.161 e. The summed E-state index contributed by atoms with van der Waals surface area (Å²) in [5.74, 6) is 4.34. The first-order valence-electron chi connectivity index (χ1n) is 21.8. The van der Waals surface area contributed by atoms with Gasteiger partial charge in [-0.3, -0.25) is 0 Å². The molecule has 1 fully saturated rings. The van der Waals surface area contributed by atoms with Gasteiger partial charge in [-0.2, -0.15) is 0 Å². The van der Waals surface area contributed by atoms with E-state index in [1.165, 1.54) is 37.7 Å². The molecule has 0 bridgehead atoms. The Morgan fingerprint density at radius 2 is 1.71 bits per heavy atom. The Morgan fingerprint density at radius 1 is 0.911 bits per heavy atom. The number of rotatable bonds is 14. The standard InChI is InChI=1S/C49H66O7/c1-6-7-9-12-30(4)37-22-32(16-15-31(37)19-20-50)38-23-34-25-42(52)35(21-29(2)3)24-39(34)48-46(54-5)28-44-40(47(38)48)27-43(53)49(56-44)33-17-18-41(51)45(26-33)55-36-13-10-8-11-14-36/h15-18,24-26,28-32,36-38,43,49-53H,6-14,19-23,27H2,1-5H3/t30-,31-,32+,37+,38-,43+,49-/m0/s1. The third-order valence-corrected chi connectivity index (χ3v) is 13.5. The van der Waals surface area contributed by atoms with Gasteiger partial charge in [-0.05, 0) is 139 Å². The van der Waals surface area contributed by atoms with E-state index in [2.05, 4.69) is 45.9 Å². The summed E-state index contributed by atoms with van der Waals surface area (Å²) in [5, 5.41) is 44.2. The van der Waals surface area contributed by atoms with Gasteiger partial charge in [0.25, 0.3) is 0 Å². The van der Waals surface area contributed by atoms with Gasteiger partial charge in [-0.1, -0.05) is 78.0 Å². The van der Waals surface area contributed by atoms with Gasteiger partial charge < -0.3 is 34.6 Å². The molecule has 7 rings (SSSR count). The number of phenols is 2. The van der Waals surface area contributed by atoms with Crippen LogP contribution in [-0.4, -0.2) is 46.4 Å². The Kier molecular flexibility index (Phi) is 12.9. The highest BCUT2D eigenvalue weighted by Crippen LogP contribution is 2.56. The molecule has 0 amide bonds. The molecule has 0 radical (unpaired) electrons. The number of phenolic OH excluding ortho intramolecular Hbond substituents is 2. The number of methoxy groups -OCH3 is 1. The van der Waals surface area contributed by atoms with Crippen molar-refractivity contribution in [1.82, 2.24) is 0 Å². The summed E-state index contributed by atoms with van der Waals surface area (Å²) >= 11 is 0. The van der Waals surface area contributed by atoms with Crippen LogP contribution in [0.1, 0.15) is 138 Å². The molecule has 0 aromatic heterocycles. The molecule has 0 spiro atoms. The fraction of sp³-hybridized carbons (Fsp3) is 0.592. The summed E-state index contributed by atoms with van der Waals surface area (Å²) in [4.78, 5) is 0. The molecular weight excluding hydrogens is 701 g/mol. The van der Waals surface area contributed by atoms with Crippen molar-refractivity contribution in [1.29, 1.82) is 0 Å². The van der Waals surface area contributed by atoms with E-state index >= 15 is 0 Å². The number of aliphatic hydroxyl groups excluding tert-OH is 2. The van der Waals surface area contributed by atoms with Gasteiger partial charge in [0.05, 0.1) is 19.3 Å². The lowest BCUT2D eigenvalue weighted by atomic mass is 9.63. The topological polar surface area (TPSA) is 109 Å². The molecule has 7 nitrogen and oxygen atoms in total. The van der Waals surface area contributed by atoms with E-state index in [9.17, 15) is 20.4 Å². The number of benzene rings is 3. The number of aromatic hydroxyl groups is 2. The Morgan fingerprint density at radius 3 is 2.45 bits per heavy atom. The second kappa shape index (κ2) is 17.9. The van der Waals surface area contributed by atoms with Crippen molar-refractivity contribution in [3.63, 3.8) is 0 Å². The van der Waals surface area contributed by atoms with Crippen LogP contribution in [0.25, 0.3) is 11.1 Å². The number of hydrogen-bond acceptors (Lipinski definition) is 7. The summed E-state index contributed by atoms with van der Waals surface area (Å²) < 4.78 is 19.4. The van der Waals surface area contributed by atoms with Gasteiger partial charge in [-0.15, -0.1) is 0 Å². The zero-order valence-corrected chi connectivity index (χ0v) is 34.4. The molecule has 0 unspecified atom stereocenters. The van der Waals surface area contributed by atoms with Crippen molar-refractivity contribution in [2.45, 2.75) is 142 Å². The third kappa shape index (κ3) is 8.45. The molecule has 3 aromatic carbocycles. The Balaban J connectivity index is 1.31. The summed E-state index contributed by atoms with van der Waals surface area (Å²) in [6.45, 7) is 9.20. The number of ether oxygens (including phenoxy) is 3. The molecule has 3 aromatic rings. The van der Waals surface area contributed by atoms with Gasteiger partial charge in [0.15, 0.2) is 11.5 Å². The Labute approximate surface area is 335 Å². The minimum absolute atomic E-state index is 0.0740. The van der Waals surface area contributed by atoms with E-state index in [1.807, 2.05) is 24.3 Å². The van der Waals surface area contributed by atoms with Crippen LogP contribution >= 0.6 is 0 Å². The maximum atomic E-state index is 12.0. The van der Waals surface area contributed by atoms with Crippen molar-refractivity contribution in [3.05, 3.63) is 76.4 Å². The number of hydrogen-bond donors (Lipinski definition) is 4. The molecule has 304 valence electrons. The van der Waals surface area contributed by atoms with E-state index in [-0.39, 0.29) is 30.3 Å². The second-order valence-electron chi connectivity index (χ2n) is 17.9. The third-order valence-electron chi connectivity index (χ3n) is 13.5. The van der Waals surface area contributed by atoms with Crippen molar-refractivity contribution in [2.75, 3.05) is 13.7 Å². The Hall–Kier alpha value is -3.68. The van der Waals surface area contributed by atoms with Gasteiger partial charge in [-0.25, -0.2) is 0 Å². The van der Waals surface area contributed by atoms with Crippen LogP contribution in [0.4, 0.5) is 0 Å². The van der Waals surface area contributed by atoms with Crippen LogP contribution in [0.5, 0.6) is 28.7 Å². The summed E-state index contributed by atoms with van der Waals surface area (Å²) in [6, 6.07) is 11.5. The highest BCUT2D eigenvalue weighted by atomic mass is 16.5. The van der Waals surface area contributed by atoms with E-state index in [0.29, 0.717) is 41.6 Å². The average Bonchev–Trinajstić information content (AvgIpc) is 3.19. The molecule has 4 aliphatic rings. The summed E-state index contributed by atoms with van der Waals surface area (Å²) in [7, 11) is 1.72. The van der Waals surface area contributed by atoms with Crippen LogP contribution in [0.15, 0.2) is 48.6 Å². The van der Waals surface area contributed by atoms with Gasteiger partial charge >= 0.3 is 0 Å². The molecule has 0 saturated heterocycles. The average molecular weight is 767 g/mol.